The quantitative estimate of drug-likeness (QED) is 0.869. The monoisotopic (exact) mass is 324 g/mol. The average molecular weight is 325 g/mol. The number of carbonyl (C=O) groups is 1. The lowest BCUT2D eigenvalue weighted by molar-refractivity contribution is -0.124. The van der Waals surface area contributed by atoms with Crippen LogP contribution in [0.2, 0.25) is 0 Å². The molecule has 1 aliphatic heterocycles. The van der Waals surface area contributed by atoms with Crippen LogP contribution in [0, 0.1) is 5.41 Å². The summed E-state index contributed by atoms with van der Waals surface area (Å²) >= 11 is 0. The first-order valence-corrected chi connectivity index (χ1v) is 7.79. The van der Waals surface area contributed by atoms with Crippen LogP contribution in [0.3, 0.4) is 0 Å². The van der Waals surface area contributed by atoms with Gasteiger partial charge in [0.25, 0.3) is 0 Å². The van der Waals surface area contributed by atoms with Gasteiger partial charge in [0.1, 0.15) is 0 Å². The lowest BCUT2D eigenvalue weighted by Crippen LogP contribution is -2.48. The van der Waals surface area contributed by atoms with Crippen LogP contribution in [0.15, 0.2) is 24.3 Å². The highest BCUT2D eigenvalue weighted by Crippen LogP contribution is 2.35. The third-order valence-electron chi connectivity index (χ3n) is 4.92. The van der Waals surface area contributed by atoms with E-state index < -0.39 is 0 Å². The number of carbonyl (C=O) groups excluding carboxylic acids is 1. The Morgan fingerprint density at radius 1 is 1.36 bits per heavy atom. The highest BCUT2D eigenvalue weighted by atomic mass is 35.5. The van der Waals surface area contributed by atoms with Crippen LogP contribution >= 0.6 is 12.4 Å². The minimum Gasteiger partial charge on any atom is -0.384 e. The molecule has 0 spiro atoms. The minimum atomic E-state index is 0. The number of nitrogens with one attached hydrogen (secondary N) is 2. The fraction of sp³-hybridized carbons (Fsp3) is 0.588. The normalized spacial score (nSPS) is 22.0. The molecular formula is C17H25ClN2O2. The summed E-state index contributed by atoms with van der Waals surface area (Å²) in [6, 6.07) is 8.23. The summed E-state index contributed by atoms with van der Waals surface area (Å²) < 4.78 is 5.39. The number of methoxy groups -OCH3 is 1. The summed E-state index contributed by atoms with van der Waals surface area (Å²) in [5.41, 5.74) is 2.60. The summed E-state index contributed by atoms with van der Waals surface area (Å²) in [6.07, 6.45) is 2.99. The topological polar surface area (TPSA) is 50.4 Å². The maximum atomic E-state index is 12.4. The molecule has 0 saturated carbocycles. The van der Waals surface area contributed by atoms with E-state index in [2.05, 4.69) is 22.8 Å². The van der Waals surface area contributed by atoms with Gasteiger partial charge in [0, 0.05) is 19.1 Å². The number of hydrogen-bond donors (Lipinski definition) is 2. The van der Waals surface area contributed by atoms with E-state index in [4.69, 9.17) is 4.74 Å². The van der Waals surface area contributed by atoms with Crippen LogP contribution in [0.1, 0.15) is 29.9 Å². The van der Waals surface area contributed by atoms with Gasteiger partial charge in [0.2, 0.25) is 5.91 Å². The Hall–Kier alpha value is -1.10. The zero-order valence-corrected chi connectivity index (χ0v) is 13.9. The molecule has 22 heavy (non-hydrogen) atoms. The second-order valence-corrected chi connectivity index (χ2v) is 6.36. The van der Waals surface area contributed by atoms with Crippen LogP contribution in [0.5, 0.6) is 0 Å². The number of piperidine rings is 1. The van der Waals surface area contributed by atoms with E-state index in [-0.39, 0.29) is 29.6 Å². The summed E-state index contributed by atoms with van der Waals surface area (Å²) in [5, 5.41) is 6.55. The molecule has 0 aromatic heterocycles. The number of halogens is 1. The molecule has 0 radical (unpaired) electrons. The molecule has 4 nitrogen and oxygen atoms in total. The van der Waals surface area contributed by atoms with Gasteiger partial charge in [-0.3, -0.25) is 4.79 Å². The van der Waals surface area contributed by atoms with Crippen molar-refractivity contribution in [2.75, 3.05) is 33.4 Å². The molecule has 1 saturated heterocycles. The molecule has 122 valence electrons. The molecule has 1 aliphatic carbocycles. The Morgan fingerprint density at radius 2 is 2.09 bits per heavy atom. The molecule has 2 aliphatic rings. The first-order chi connectivity index (χ1) is 10.2. The van der Waals surface area contributed by atoms with Crippen molar-refractivity contribution in [1.29, 1.82) is 0 Å². The molecule has 1 atom stereocenters. The third-order valence-corrected chi connectivity index (χ3v) is 4.92. The van der Waals surface area contributed by atoms with Gasteiger partial charge in [0.15, 0.2) is 0 Å². The van der Waals surface area contributed by atoms with Crippen molar-refractivity contribution in [3.05, 3.63) is 35.4 Å². The zero-order valence-electron chi connectivity index (χ0n) is 13.1. The van der Waals surface area contributed by atoms with Gasteiger partial charge in [-0.1, -0.05) is 24.3 Å². The number of rotatable bonds is 5. The Kier molecular flexibility index (Phi) is 5.84. The fourth-order valence-electron chi connectivity index (χ4n) is 3.53. The van der Waals surface area contributed by atoms with Crippen molar-refractivity contribution in [2.45, 2.75) is 25.2 Å². The predicted octanol–water partition coefficient (Wildman–Crippen LogP) is 1.88. The van der Waals surface area contributed by atoms with Crippen molar-refractivity contribution in [3.63, 3.8) is 0 Å². The minimum absolute atomic E-state index is 0. The molecular weight excluding hydrogens is 300 g/mol. The van der Waals surface area contributed by atoms with Gasteiger partial charge in [-0.05, 0) is 43.5 Å². The van der Waals surface area contributed by atoms with Gasteiger partial charge >= 0.3 is 0 Å². The van der Waals surface area contributed by atoms with E-state index in [0.717, 1.165) is 45.5 Å². The van der Waals surface area contributed by atoms with E-state index in [0.29, 0.717) is 0 Å². The Labute approximate surface area is 138 Å². The summed E-state index contributed by atoms with van der Waals surface area (Å²) in [7, 11) is 1.74. The molecule has 0 bridgehead atoms. The SMILES string of the molecule is COCC1(CNC(=O)C2Cc3ccccc32)CCNCC1.Cl. The summed E-state index contributed by atoms with van der Waals surface area (Å²) in [4.78, 5) is 12.4. The fourth-order valence-corrected chi connectivity index (χ4v) is 3.53. The first-order valence-electron chi connectivity index (χ1n) is 7.79. The summed E-state index contributed by atoms with van der Waals surface area (Å²) in [5.74, 6) is 0.213. The maximum absolute atomic E-state index is 12.4. The van der Waals surface area contributed by atoms with Gasteiger partial charge in [-0.25, -0.2) is 0 Å². The summed E-state index contributed by atoms with van der Waals surface area (Å²) in [6.45, 7) is 3.45. The molecule has 1 amide bonds. The number of ether oxygens (including phenoxy) is 1. The van der Waals surface area contributed by atoms with Crippen molar-refractivity contribution in [2.24, 2.45) is 5.41 Å². The number of hydrogen-bond acceptors (Lipinski definition) is 3. The van der Waals surface area contributed by atoms with Gasteiger partial charge in [-0.2, -0.15) is 0 Å². The molecule has 1 aromatic rings. The van der Waals surface area contributed by atoms with Crippen molar-refractivity contribution in [1.82, 2.24) is 10.6 Å². The molecule has 1 aromatic carbocycles. The van der Waals surface area contributed by atoms with Crippen LogP contribution in [0.25, 0.3) is 0 Å². The van der Waals surface area contributed by atoms with E-state index in [1.807, 2.05) is 12.1 Å². The van der Waals surface area contributed by atoms with Crippen LogP contribution in [0.4, 0.5) is 0 Å². The lowest BCUT2D eigenvalue weighted by atomic mass is 9.76. The molecule has 1 heterocycles. The second kappa shape index (κ2) is 7.44. The molecule has 2 N–H and O–H groups in total. The largest absolute Gasteiger partial charge is 0.384 e. The number of benzene rings is 1. The smallest absolute Gasteiger partial charge is 0.227 e. The van der Waals surface area contributed by atoms with Crippen LogP contribution in [-0.2, 0) is 16.0 Å². The molecule has 5 heteroatoms. The van der Waals surface area contributed by atoms with Gasteiger partial charge in [-0.15, -0.1) is 12.4 Å². The van der Waals surface area contributed by atoms with Crippen molar-refractivity contribution >= 4 is 18.3 Å². The number of amides is 1. The van der Waals surface area contributed by atoms with E-state index in [9.17, 15) is 4.79 Å². The van der Waals surface area contributed by atoms with Crippen LogP contribution in [-0.4, -0.2) is 39.3 Å². The highest BCUT2D eigenvalue weighted by molar-refractivity contribution is 5.86. The molecule has 3 rings (SSSR count). The molecule has 1 fully saturated rings. The Bertz CT molecular complexity index is 510. The number of fused-ring (bicyclic) bond motifs is 1. The van der Waals surface area contributed by atoms with Gasteiger partial charge < -0.3 is 15.4 Å². The van der Waals surface area contributed by atoms with E-state index >= 15 is 0 Å². The van der Waals surface area contributed by atoms with Crippen molar-refractivity contribution in [3.8, 4) is 0 Å². The Balaban J connectivity index is 0.00000176. The standard InChI is InChI=1S/C17H24N2O2.ClH/c1-21-12-17(6-8-18-9-7-17)11-19-16(20)15-10-13-4-2-3-5-14(13)15;/h2-5,15,18H,6-12H2,1H3,(H,19,20);1H. The van der Waals surface area contributed by atoms with Crippen LogP contribution < -0.4 is 10.6 Å². The molecule has 1 unspecified atom stereocenters. The first kappa shape index (κ1) is 17.3. The van der Waals surface area contributed by atoms with E-state index in [1.54, 1.807) is 7.11 Å². The lowest BCUT2D eigenvalue weighted by Gasteiger charge is -2.38. The van der Waals surface area contributed by atoms with Gasteiger partial charge in [0.05, 0.1) is 12.5 Å². The third kappa shape index (κ3) is 3.45. The highest BCUT2D eigenvalue weighted by Gasteiger charge is 2.35. The zero-order chi connectivity index (χ0) is 14.7. The average Bonchev–Trinajstić information content (AvgIpc) is 2.48. The Morgan fingerprint density at radius 3 is 2.77 bits per heavy atom. The predicted molar refractivity (Wildman–Crippen MR) is 89.6 cm³/mol. The van der Waals surface area contributed by atoms with Crippen molar-refractivity contribution < 1.29 is 9.53 Å². The second-order valence-electron chi connectivity index (χ2n) is 6.36. The van der Waals surface area contributed by atoms with E-state index in [1.165, 1.54) is 11.1 Å². The maximum Gasteiger partial charge on any atom is 0.227 e.